The number of carbonyl (C=O) groups excluding carboxylic acids is 1. The van der Waals surface area contributed by atoms with Gasteiger partial charge in [-0.1, -0.05) is 6.07 Å². The Balaban J connectivity index is 0.00000288. The molecule has 8 heteroatoms. The maximum Gasteiger partial charge on any atom is 0.230 e. The molecule has 3 N–H and O–H groups in total. The number of nitrogen functional groups attached to an aromatic ring is 1. The average Bonchev–Trinajstić information content (AvgIpc) is 2.49. The Bertz CT molecular complexity index is 651. The van der Waals surface area contributed by atoms with Crippen LogP contribution in [0, 0.1) is 0 Å². The SMILES string of the molecule is CN(C)CCOc1cccc(NC(=O)Cc2ccc(N)cn2)c1.Cl.Cl. The molecule has 2 rings (SSSR count). The number of anilines is 2. The first-order valence-electron chi connectivity index (χ1n) is 7.41. The molecule has 0 bridgehead atoms. The fourth-order valence-corrected chi connectivity index (χ4v) is 1.92. The van der Waals surface area contributed by atoms with Crippen LogP contribution in [0.2, 0.25) is 0 Å². The highest BCUT2D eigenvalue weighted by molar-refractivity contribution is 5.92. The van der Waals surface area contributed by atoms with E-state index in [1.54, 1.807) is 18.3 Å². The van der Waals surface area contributed by atoms with Gasteiger partial charge in [0.1, 0.15) is 12.4 Å². The van der Waals surface area contributed by atoms with E-state index in [1.165, 1.54) is 0 Å². The summed E-state index contributed by atoms with van der Waals surface area (Å²) in [4.78, 5) is 18.2. The van der Waals surface area contributed by atoms with Crippen molar-refractivity contribution in [1.29, 1.82) is 0 Å². The Hall–Kier alpha value is -2.02. The van der Waals surface area contributed by atoms with Crippen molar-refractivity contribution < 1.29 is 9.53 Å². The van der Waals surface area contributed by atoms with Crippen LogP contribution >= 0.6 is 24.8 Å². The average molecular weight is 387 g/mol. The van der Waals surface area contributed by atoms with Gasteiger partial charge in [-0.3, -0.25) is 9.78 Å². The first kappa shape index (κ1) is 23.0. The Morgan fingerprint density at radius 1 is 1.24 bits per heavy atom. The van der Waals surface area contributed by atoms with Crippen molar-refractivity contribution in [2.24, 2.45) is 0 Å². The predicted octanol–water partition coefficient (Wildman–Crippen LogP) is 2.63. The number of nitrogens with one attached hydrogen (secondary N) is 1. The van der Waals surface area contributed by atoms with Gasteiger partial charge in [0.2, 0.25) is 5.91 Å². The minimum Gasteiger partial charge on any atom is -0.492 e. The van der Waals surface area contributed by atoms with Crippen LogP contribution in [0.1, 0.15) is 5.69 Å². The van der Waals surface area contributed by atoms with Gasteiger partial charge in [-0.25, -0.2) is 0 Å². The summed E-state index contributed by atoms with van der Waals surface area (Å²) in [5, 5.41) is 2.84. The number of nitrogens with two attached hydrogens (primary N) is 1. The predicted molar refractivity (Wildman–Crippen MR) is 106 cm³/mol. The van der Waals surface area contributed by atoms with Crippen molar-refractivity contribution in [3.05, 3.63) is 48.3 Å². The third kappa shape index (κ3) is 8.58. The Labute approximate surface area is 160 Å². The molecule has 1 amide bonds. The number of carbonyl (C=O) groups is 1. The van der Waals surface area contributed by atoms with E-state index in [9.17, 15) is 4.79 Å². The van der Waals surface area contributed by atoms with E-state index in [0.29, 0.717) is 23.7 Å². The van der Waals surface area contributed by atoms with E-state index in [0.717, 1.165) is 12.3 Å². The molecule has 1 heterocycles. The zero-order valence-corrected chi connectivity index (χ0v) is 15.9. The smallest absolute Gasteiger partial charge is 0.230 e. The highest BCUT2D eigenvalue weighted by Crippen LogP contribution is 2.17. The molecule has 0 atom stereocenters. The zero-order chi connectivity index (χ0) is 16.7. The molecule has 0 unspecified atom stereocenters. The van der Waals surface area contributed by atoms with E-state index >= 15 is 0 Å². The molecule has 0 aliphatic heterocycles. The molecule has 0 aliphatic carbocycles. The minimum absolute atomic E-state index is 0. The first-order valence-corrected chi connectivity index (χ1v) is 7.41. The van der Waals surface area contributed by atoms with Crippen molar-refractivity contribution in [1.82, 2.24) is 9.88 Å². The highest BCUT2D eigenvalue weighted by Gasteiger charge is 2.06. The number of rotatable bonds is 7. The minimum atomic E-state index is -0.132. The summed E-state index contributed by atoms with van der Waals surface area (Å²) in [5.74, 6) is 0.600. The quantitative estimate of drug-likeness (QED) is 0.764. The number of benzene rings is 1. The Kier molecular flexibility index (Phi) is 10.6. The standard InChI is InChI=1S/C17H22N4O2.2ClH/c1-21(2)8-9-23-16-5-3-4-15(10-16)20-17(22)11-14-7-6-13(18)12-19-14;;/h3-7,10,12H,8-9,11,18H2,1-2H3,(H,20,22);2*1H. The number of halogens is 2. The molecular weight excluding hydrogens is 363 g/mol. The molecule has 0 radical (unpaired) electrons. The van der Waals surface area contributed by atoms with E-state index in [2.05, 4.69) is 10.3 Å². The fourth-order valence-electron chi connectivity index (χ4n) is 1.92. The summed E-state index contributed by atoms with van der Waals surface area (Å²) in [6, 6.07) is 10.8. The summed E-state index contributed by atoms with van der Waals surface area (Å²) in [5.41, 5.74) is 7.53. The molecule has 138 valence electrons. The van der Waals surface area contributed by atoms with Crippen molar-refractivity contribution in [3.63, 3.8) is 0 Å². The molecule has 0 saturated heterocycles. The summed E-state index contributed by atoms with van der Waals surface area (Å²) < 4.78 is 5.65. The number of likely N-dealkylation sites (N-methyl/N-ethyl adjacent to an activating group) is 1. The van der Waals surface area contributed by atoms with Gasteiger partial charge in [0.05, 0.1) is 18.3 Å². The molecule has 2 aromatic rings. The molecule has 25 heavy (non-hydrogen) atoms. The van der Waals surface area contributed by atoms with E-state index < -0.39 is 0 Å². The monoisotopic (exact) mass is 386 g/mol. The third-order valence-corrected chi connectivity index (χ3v) is 3.11. The lowest BCUT2D eigenvalue weighted by Gasteiger charge is -2.12. The number of nitrogens with zero attached hydrogens (tertiary/aromatic N) is 2. The van der Waals surface area contributed by atoms with Crippen LogP contribution in [-0.2, 0) is 11.2 Å². The van der Waals surface area contributed by atoms with Crippen LogP contribution in [-0.4, -0.2) is 43.0 Å². The van der Waals surface area contributed by atoms with Crippen molar-refractivity contribution >= 4 is 42.1 Å². The summed E-state index contributed by atoms with van der Waals surface area (Å²) in [7, 11) is 3.98. The number of hydrogen-bond acceptors (Lipinski definition) is 5. The van der Waals surface area contributed by atoms with Gasteiger partial charge < -0.3 is 20.7 Å². The van der Waals surface area contributed by atoms with Gasteiger partial charge in [-0.05, 0) is 38.4 Å². The second kappa shape index (κ2) is 11.5. The molecule has 1 aromatic carbocycles. The van der Waals surface area contributed by atoms with Crippen LogP contribution in [0.3, 0.4) is 0 Å². The van der Waals surface area contributed by atoms with Crippen LogP contribution in [0.4, 0.5) is 11.4 Å². The summed E-state index contributed by atoms with van der Waals surface area (Å²) in [6.45, 7) is 1.43. The van der Waals surface area contributed by atoms with Gasteiger partial charge in [-0.2, -0.15) is 0 Å². The molecule has 0 aliphatic rings. The van der Waals surface area contributed by atoms with Crippen LogP contribution < -0.4 is 15.8 Å². The normalized spacial score (nSPS) is 9.72. The Morgan fingerprint density at radius 3 is 2.64 bits per heavy atom. The second-order valence-corrected chi connectivity index (χ2v) is 5.49. The number of aromatic nitrogens is 1. The van der Waals surface area contributed by atoms with E-state index in [4.69, 9.17) is 10.5 Å². The number of amides is 1. The molecular formula is C17H24Cl2N4O2. The summed E-state index contributed by atoms with van der Waals surface area (Å²) in [6.07, 6.45) is 1.74. The number of ether oxygens (including phenoxy) is 1. The van der Waals surface area contributed by atoms with E-state index in [-0.39, 0.29) is 37.1 Å². The van der Waals surface area contributed by atoms with Gasteiger partial charge in [0.15, 0.2) is 0 Å². The lowest BCUT2D eigenvalue weighted by atomic mass is 10.2. The van der Waals surface area contributed by atoms with Crippen molar-refractivity contribution in [3.8, 4) is 5.75 Å². The van der Waals surface area contributed by atoms with Crippen LogP contribution in [0.15, 0.2) is 42.6 Å². The zero-order valence-electron chi connectivity index (χ0n) is 14.3. The van der Waals surface area contributed by atoms with Gasteiger partial charge in [0.25, 0.3) is 0 Å². The summed E-state index contributed by atoms with van der Waals surface area (Å²) >= 11 is 0. The van der Waals surface area contributed by atoms with E-state index in [1.807, 2.05) is 43.3 Å². The van der Waals surface area contributed by atoms with Crippen molar-refractivity contribution in [2.75, 3.05) is 38.3 Å². The van der Waals surface area contributed by atoms with Gasteiger partial charge in [-0.15, -0.1) is 24.8 Å². The number of hydrogen-bond donors (Lipinski definition) is 2. The first-order chi connectivity index (χ1) is 11.0. The van der Waals surface area contributed by atoms with Crippen LogP contribution in [0.25, 0.3) is 0 Å². The second-order valence-electron chi connectivity index (χ2n) is 5.49. The lowest BCUT2D eigenvalue weighted by molar-refractivity contribution is -0.115. The molecule has 0 spiro atoms. The van der Waals surface area contributed by atoms with Crippen molar-refractivity contribution in [2.45, 2.75) is 6.42 Å². The molecule has 0 fully saturated rings. The fraction of sp³-hybridized carbons (Fsp3) is 0.294. The topological polar surface area (TPSA) is 80.5 Å². The Morgan fingerprint density at radius 2 is 2.00 bits per heavy atom. The van der Waals surface area contributed by atoms with Gasteiger partial charge >= 0.3 is 0 Å². The maximum absolute atomic E-state index is 12.1. The molecule has 0 saturated carbocycles. The maximum atomic E-state index is 12.1. The van der Waals surface area contributed by atoms with Gasteiger partial charge in [0, 0.05) is 24.0 Å². The van der Waals surface area contributed by atoms with Crippen LogP contribution in [0.5, 0.6) is 5.75 Å². The number of pyridine rings is 1. The largest absolute Gasteiger partial charge is 0.492 e. The third-order valence-electron chi connectivity index (χ3n) is 3.11. The molecule has 1 aromatic heterocycles. The molecule has 6 nitrogen and oxygen atoms in total. The highest BCUT2D eigenvalue weighted by atomic mass is 35.5. The lowest BCUT2D eigenvalue weighted by Crippen LogP contribution is -2.19.